The molecule has 1 atom stereocenters. The van der Waals surface area contributed by atoms with Crippen LogP contribution in [0, 0.1) is 5.92 Å². The van der Waals surface area contributed by atoms with Crippen molar-refractivity contribution < 1.29 is 19.5 Å². The molecule has 0 fully saturated rings. The molecule has 14 heavy (non-hydrogen) atoms. The highest BCUT2D eigenvalue weighted by Gasteiger charge is 2.27. The minimum atomic E-state index is -0.944. The molecule has 1 aromatic rings. The van der Waals surface area contributed by atoms with Gasteiger partial charge in [0.2, 0.25) is 0 Å². The van der Waals surface area contributed by atoms with Crippen LogP contribution in [0.25, 0.3) is 0 Å². The van der Waals surface area contributed by atoms with Gasteiger partial charge in [-0.15, -0.1) is 0 Å². The number of aliphatic carboxylic acids is 1. The minimum absolute atomic E-state index is 0.0769. The third-order valence-electron chi connectivity index (χ3n) is 1.98. The van der Waals surface area contributed by atoms with E-state index in [9.17, 15) is 4.79 Å². The molecule has 0 aromatic carbocycles. The van der Waals surface area contributed by atoms with Gasteiger partial charge in [-0.3, -0.25) is 4.79 Å². The third kappa shape index (κ3) is 2.11. The zero-order valence-corrected chi connectivity index (χ0v) is 8.10. The zero-order valence-electron chi connectivity index (χ0n) is 8.10. The van der Waals surface area contributed by atoms with Crippen molar-refractivity contribution in [3.05, 3.63) is 17.5 Å². The normalized spacial score (nSPS) is 13.1. The number of carboxylic acids is 1. The maximum Gasteiger partial charge on any atom is 0.314 e. The molecule has 0 amide bonds. The molecular weight excluding hydrogens is 186 g/mol. The lowest BCUT2D eigenvalue weighted by atomic mass is 9.93. The first-order chi connectivity index (χ1) is 6.56. The number of aliphatic hydroxyl groups excluding tert-OH is 1. The summed E-state index contributed by atoms with van der Waals surface area (Å²) < 4.78 is 4.85. The molecule has 0 aliphatic carbocycles. The molecule has 0 bridgehead atoms. The van der Waals surface area contributed by atoms with Crippen molar-refractivity contribution >= 4 is 5.97 Å². The highest BCUT2D eigenvalue weighted by atomic mass is 16.5. The second-order valence-corrected chi connectivity index (χ2v) is 3.44. The van der Waals surface area contributed by atoms with Crippen LogP contribution in [-0.2, 0) is 11.4 Å². The lowest BCUT2D eigenvalue weighted by Crippen LogP contribution is -2.16. The smallest absolute Gasteiger partial charge is 0.314 e. The number of carbonyl (C=O) groups is 1. The van der Waals surface area contributed by atoms with Crippen LogP contribution in [-0.4, -0.2) is 21.3 Å². The van der Waals surface area contributed by atoms with Gasteiger partial charge >= 0.3 is 5.97 Å². The molecule has 1 aromatic heterocycles. The number of aromatic nitrogens is 1. The number of hydrogen-bond acceptors (Lipinski definition) is 4. The molecular formula is C9H13NO4. The van der Waals surface area contributed by atoms with E-state index in [1.54, 1.807) is 13.8 Å². The number of carboxylic acid groups (broad SMARTS) is 1. The summed E-state index contributed by atoms with van der Waals surface area (Å²) >= 11 is 0. The molecule has 1 unspecified atom stereocenters. The van der Waals surface area contributed by atoms with E-state index in [0.717, 1.165) is 0 Å². The minimum Gasteiger partial charge on any atom is -0.481 e. The van der Waals surface area contributed by atoms with Gasteiger partial charge < -0.3 is 14.7 Å². The van der Waals surface area contributed by atoms with Crippen molar-refractivity contribution in [1.82, 2.24) is 5.16 Å². The Kier molecular flexibility index (Phi) is 3.24. The summed E-state index contributed by atoms with van der Waals surface area (Å²) in [6, 6.07) is 1.47. The molecule has 0 saturated carbocycles. The van der Waals surface area contributed by atoms with Gasteiger partial charge in [-0.05, 0) is 5.92 Å². The molecule has 0 aliphatic rings. The molecule has 1 heterocycles. The highest BCUT2D eigenvalue weighted by Crippen LogP contribution is 2.25. The molecule has 0 saturated heterocycles. The molecule has 0 spiro atoms. The lowest BCUT2D eigenvalue weighted by molar-refractivity contribution is -0.140. The summed E-state index contributed by atoms with van der Waals surface area (Å²) in [6.45, 7) is 3.34. The van der Waals surface area contributed by atoms with Crippen LogP contribution in [0.3, 0.4) is 0 Å². The fraction of sp³-hybridized carbons (Fsp3) is 0.556. The summed E-state index contributed by atoms with van der Waals surface area (Å²) in [5.74, 6) is -1.44. The Morgan fingerprint density at radius 1 is 1.64 bits per heavy atom. The summed E-state index contributed by atoms with van der Waals surface area (Å²) in [6.07, 6.45) is 0. The SMILES string of the molecule is CC(C)C(C(=O)O)c1cc(CO)no1. The standard InChI is InChI=1S/C9H13NO4/c1-5(2)8(9(12)13)7-3-6(4-11)10-14-7/h3,5,8,11H,4H2,1-2H3,(H,12,13). The molecule has 5 heteroatoms. The van der Waals surface area contributed by atoms with Gasteiger partial charge in [0.25, 0.3) is 0 Å². The van der Waals surface area contributed by atoms with Crippen LogP contribution < -0.4 is 0 Å². The Bertz CT molecular complexity index is 318. The predicted molar refractivity (Wildman–Crippen MR) is 47.6 cm³/mol. The first-order valence-corrected chi connectivity index (χ1v) is 4.35. The van der Waals surface area contributed by atoms with E-state index in [2.05, 4.69) is 5.16 Å². The van der Waals surface area contributed by atoms with Crippen molar-refractivity contribution in [2.45, 2.75) is 26.4 Å². The van der Waals surface area contributed by atoms with Crippen LogP contribution in [0.5, 0.6) is 0 Å². The van der Waals surface area contributed by atoms with E-state index in [1.807, 2.05) is 0 Å². The fourth-order valence-corrected chi connectivity index (χ4v) is 1.28. The van der Waals surface area contributed by atoms with Crippen molar-refractivity contribution in [3.63, 3.8) is 0 Å². The summed E-state index contributed by atoms with van der Waals surface area (Å²) in [4.78, 5) is 10.9. The van der Waals surface area contributed by atoms with Crippen molar-refractivity contribution in [1.29, 1.82) is 0 Å². The molecule has 0 aliphatic heterocycles. The quantitative estimate of drug-likeness (QED) is 0.755. The summed E-state index contributed by atoms with van der Waals surface area (Å²) in [5.41, 5.74) is 0.354. The van der Waals surface area contributed by atoms with Crippen molar-refractivity contribution in [2.24, 2.45) is 5.92 Å². The number of rotatable bonds is 4. The van der Waals surface area contributed by atoms with E-state index < -0.39 is 11.9 Å². The monoisotopic (exact) mass is 199 g/mol. The van der Waals surface area contributed by atoms with Crippen LogP contribution >= 0.6 is 0 Å². The average Bonchev–Trinajstić information content (AvgIpc) is 2.51. The Balaban J connectivity index is 2.93. The Labute approximate surface area is 81.3 Å². The predicted octanol–water partition coefficient (Wildman–Crippen LogP) is 0.991. The van der Waals surface area contributed by atoms with Gasteiger partial charge in [0, 0.05) is 6.07 Å². The lowest BCUT2D eigenvalue weighted by Gasteiger charge is -2.11. The second kappa shape index (κ2) is 4.23. The first-order valence-electron chi connectivity index (χ1n) is 4.35. The van der Waals surface area contributed by atoms with E-state index in [0.29, 0.717) is 5.69 Å². The van der Waals surface area contributed by atoms with Crippen LogP contribution in [0.4, 0.5) is 0 Å². The zero-order chi connectivity index (χ0) is 10.7. The van der Waals surface area contributed by atoms with Gasteiger partial charge in [-0.25, -0.2) is 0 Å². The first kappa shape index (κ1) is 10.7. The molecule has 5 nitrogen and oxygen atoms in total. The van der Waals surface area contributed by atoms with Crippen molar-refractivity contribution in [3.8, 4) is 0 Å². The topological polar surface area (TPSA) is 83.6 Å². The molecule has 2 N–H and O–H groups in total. The van der Waals surface area contributed by atoms with Gasteiger partial charge in [0.15, 0.2) is 5.76 Å². The molecule has 78 valence electrons. The Hall–Kier alpha value is -1.36. The van der Waals surface area contributed by atoms with E-state index in [4.69, 9.17) is 14.7 Å². The molecule has 0 radical (unpaired) electrons. The second-order valence-electron chi connectivity index (χ2n) is 3.44. The third-order valence-corrected chi connectivity index (χ3v) is 1.98. The van der Waals surface area contributed by atoms with E-state index in [-0.39, 0.29) is 18.3 Å². The van der Waals surface area contributed by atoms with Gasteiger partial charge in [-0.2, -0.15) is 0 Å². The average molecular weight is 199 g/mol. The van der Waals surface area contributed by atoms with Gasteiger partial charge in [-0.1, -0.05) is 19.0 Å². The molecule has 1 rings (SSSR count). The van der Waals surface area contributed by atoms with Crippen LogP contribution in [0.1, 0.15) is 31.2 Å². The fourth-order valence-electron chi connectivity index (χ4n) is 1.28. The Morgan fingerprint density at radius 3 is 2.64 bits per heavy atom. The Morgan fingerprint density at radius 2 is 2.29 bits per heavy atom. The van der Waals surface area contributed by atoms with E-state index in [1.165, 1.54) is 6.07 Å². The number of nitrogens with zero attached hydrogens (tertiary/aromatic N) is 1. The summed E-state index contributed by atoms with van der Waals surface area (Å²) in [5, 5.41) is 21.2. The van der Waals surface area contributed by atoms with Gasteiger partial charge in [0.05, 0.1) is 6.61 Å². The van der Waals surface area contributed by atoms with Crippen LogP contribution in [0.15, 0.2) is 10.6 Å². The number of aliphatic hydroxyl groups is 1. The maximum absolute atomic E-state index is 10.9. The largest absolute Gasteiger partial charge is 0.481 e. The van der Waals surface area contributed by atoms with E-state index >= 15 is 0 Å². The highest BCUT2D eigenvalue weighted by molar-refractivity contribution is 5.75. The maximum atomic E-state index is 10.9. The van der Waals surface area contributed by atoms with Crippen molar-refractivity contribution in [2.75, 3.05) is 0 Å². The van der Waals surface area contributed by atoms with Gasteiger partial charge in [0.1, 0.15) is 11.6 Å². The van der Waals surface area contributed by atoms with Crippen LogP contribution in [0.2, 0.25) is 0 Å². The number of hydrogen-bond donors (Lipinski definition) is 2. The summed E-state index contributed by atoms with van der Waals surface area (Å²) in [7, 11) is 0.